The lowest BCUT2D eigenvalue weighted by Crippen LogP contribution is -2.24. The van der Waals surface area contributed by atoms with E-state index in [1.807, 2.05) is 24.3 Å². The van der Waals surface area contributed by atoms with Crippen molar-refractivity contribution in [2.75, 3.05) is 13.1 Å². The third kappa shape index (κ3) is 8.25. The number of carbonyl (C=O) groups excluding carboxylic acids is 1. The van der Waals surface area contributed by atoms with Crippen LogP contribution < -0.4 is 11.1 Å². The van der Waals surface area contributed by atoms with Crippen LogP contribution >= 0.6 is 0 Å². The highest BCUT2D eigenvalue weighted by molar-refractivity contribution is 6.00. The maximum atomic E-state index is 13.2. The van der Waals surface area contributed by atoms with Crippen molar-refractivity contribution in [2.24, 2.45) is 5.73 Å². The number of fused-ring (bicyclic) bond motifs is 8. The van der Waals surface area contributed by atoms with Gasteiger partial charge in [-0.05, 0) is 123 Å². The average Bonchev–Trinajstić information content (AvgIpc) is 4.12. The molecule has 0 saturated carbocycles. The predicted molar refractivity (Wildman–Crippen MR) is 255 cm³/mol. The van der Waals surface area contributed by atoms with E-state index in [0.29, 0.717) is 18.7 Å². The predicted octanol–water partition coefficient (Wildman–Crippen LogP) is 12.5. The van der Waals surface area contributed by atoms with Crippen molar-refractivity contribution >= 4 is 52.3 Å². The zero-order chi connectivity index (χ0) is 41.9. The van der Waals surface area contributed by atoms with Crippen LogP contribution in [0.15, 0.2) is 121 Å². The molecular weight excluding hydrogens is 749 g/mol. The summed E-state index contributed by atoms with van der Waals surface area (Å²) >= 11 is 0. The molecule has 0 atom stereocenters. The fraction of sp³-hybridized carbons (Fsp3) is 0.167. The third-order valence-electron chi connectivity index (χ3n) is 11.6. The summed E-state index contributed by atoms with van der Waals surface area (Å²) in [4.78, 5) is 31.7. The number of aromatic nitrogens is 4. The fourth-order valence-electron chi connectivity index (χ4n) is 8.30. The van der Waals surface area contributed by atoms with E-state index in [1.54, 1.807) is 0 Å². The van der Waals surface area contributed by atoms with E-state index >= 15 is 0 Å². The zero-order valence-corrected chi connectivity index (χ0v) is 35.0. The van der Waals surface area contributed by atoms with Crippen molar-refractivity contribution in [1.82, 2.24) is 25.3 Å². The van der Waals surface area contributed by atoms with Gasteiger partial charge < -0.3 is 21.0 Å². The maximum Gasteiger partial charge on any atom is 0.251 e. The van der Waals surface area contributed by atoms with Gasteiger partial charge in [0.2, 0.25) is 0 Å². The number of aryl methyl sites for hydroxylation is 3. The monoisotopic (exact) mass is 798 g/mol. The average molecular weight is 799 g/mol. The van der Waals surface area contributed by atoms with Gasteiger partial charge in [0.25, 0.3) is 5.91 Å². The molecule has 2 aliphatic heterocycles. The number of rotatable bonds is 11. The first-order valence-corrected chi connectivity index (χ1v) is 21.3. The van der Waals surface area contributed by atoms with Crippen molar-refractivity contribution in [3.8, 4) is 44.5 Å². The fourth-order valence-corrected chi connectivity index (χ4v) is 8.30. The highest BCUT2D eigenvalue weighted by Gasteiger charge is 2.19. The van der Waals surface area contributed by atoms with Crippen LogP contribution in [-0.4, -0.2) is 38.9 Å². The van der Waals surface area contributed by atoms with Gasteiger partial charge in [0.1, 0.15) is 0 Å². The SMILES string of the molecule is Cc1ccc(-c2c3nc(c(-c4ccc(C)cc4)c4ccc([nH]4)c(-c4ccc(C(=O)NCCCCCCN)cc4)c4nc(c(-c5ccc(C)cc5)c5ccc2[nH]5)C=C4)C=C3)cc1. The maximum absolute atomic E-state index is 13.2. The van der Waals surface area contributed by atoms with Crippen molar-refractivity contribution in [3.63, 3.8) is 0 Å². The molecule has 0 radical (unpaired) electrons. The molecule has 9 rings (SSSR count). The Balaban J connectivity index is 1.30. The summed E-state index contributed by atoms with van der Waals surface area (Å²) < 4.78 is 0. The van der Waals surface area contributed by atoms with Gasteiger partial charge in [-0.2, -0.15) is 0 Å². The standard InChI is InChI=1S/C54H50N6O/c1-34-8-14-37(15-9-34)50-42-24-26-44(57-42)51(38-16-10-35(2)11-17-38)46-28-30-48(59-46)53(40-20-22-41(23-21-40)54(61)56-33-7-5-4-6-32-55)49-31-29-47(60-49)52(45-27-25-43(50)58-45)39-18-12-36(3)13-19-39/h8-31,57,60H,4-7,32-33,55H2,1-3H3,(H,56,61). The number of benzene rings is 4. The molecule has 5 N–H and O–H groups in total. The lowest BCUT2D eigenvalue weighted by Gasteiger charge is -2.08. The summed E-state index contributed by atoms with van der Waals surface area (Å²) in [6.07, 6.45) is 12.6. The molecule has 302 valence electrons. The van der Waals surface area contributed by atoms with Crippen molar-refractivity contribution in [1.29, 1.82) is 0 Å². The van der Waals surface area contributed by atoms with E-state index in [-0.39, 0.29) is 5.91 Å². The molecular formula is C54H50N6O. The van der Waals surface area contributed by atoms with Gasteiger partial charge in [-0.3, -0.25) is 4.79 Å². The van der Waals surface area contributed by atoms with Crippen LogP contribution in [0.5, 0.6) is 0 Å². The number of unbranched alkanes of at least 4 members (excludes halogenated alkanes) is 3. The van der Waals surface area contributed by atoms with Crippen LogP contribution in [0.25, 0.3) is 90.9 Å². The number of nitrogens with zero attached hydrogens (tertiary/aromatic N) is 2. The summed E-state index contributed by atoms with van der Waals surface area (Å²) in [5.74, 6) is -0.0754. The summed E-state index contributed by atoms with van der Waals surface area (Å²) in [5, 5.41) is 3.09. The van der Waals surface area contributed by atoms with Crippen LogP contribution in [0, 0.1) is 20.8 Å². The molecule has 61 heavy (non-hydrogen) atoms. The number of aromatic amines is 2. The zero-order valence-electron chi connectivity index (χ0n) is 35.0. The van der Waals surface area contributed by atoms with Gasteiger partial charge in [-0.1, -0.05) is 114 Å². The second-order valence-electron chi connectivity index (χ2n) is 16.1. The molecule has 7 heteroatoms. The Bertz CT molecular complexity index is 2920. The molecule has 0 aliphatic carbocycles. The van der Waals surface area contributed by atoms with E-state index in [0.717, 1.165) is 115 Å². The van der Waals surface area contributed by atoms with Gasteiger partial charge in [0.05, 0.1) is 22.8 Å². The minimum absolute atomic E-state index is 0.0754. The number of H-pyrrole nitrogens is 2. The summed E-state index contributed by atoms with van der Waals surface area (Å²) in [6, 6.07) is 42.4. The number of amides is 1. The molecule has 8 bridgehead atoms. The molecule has 0 spiro atoms. The molecule has 1 amide bonds. The van der Waals surface area contributed by atoms with Crippen LogP contribution in [-0.2, 0) is 0 Å². The van der Waals surface area contributed by atoms with Gasteiger partial charge in [0, 0.05) is 56.4 Å². The molecule has 0 saturated heterocycles. The summed E-state index contributed by atoms with van der Waals surface area (Å²) in [7, 11) is 0. The number of carbonyl (C=O) groups is 1. The number of nitrogens with two attached hydrogens (primary N) is 1. The quantitative estimate of drug-likeness (QED) is 0.0976. The molecule has 3 aromatic heterocycles. The van der Waals surface area contributed by atoms with Crippen molar-refractivity contribution in [2.45, 2.75) is 46.5 Å². The van der Waals surface area contributed by atoms with Crippen LogP contribution in [0.1, 0.15) is 75.5 Å². The first-order valence-electron chi connectivity index (χ1n) is 21.3. The van der Waals surface area contributed by atoms with E-state index in [9.17, 15) is 4.79 Å². The first kappa shape index (κ1) is 39.4. The van der Waals surface area contributed by atoms with Gasteiger partial charge in [0.15, 0.2) is 0 Å². The van der Waals surface area contributed by atoms with E-state index in [2.05, 4.69) is 157 Å². The first-order chi connectivity index (χ1) is 29.8. The number of nitrogens with one attached hydrogen (secondary N) is 3. The minimum Gasteiger partial charge on any atom is -0.354 e. The Hall–Kier alpha value is -7.09. The van der Waals surface area contributed by atoms with Crippen molar-refractivity contribution < 1.29 is 4.79 Å². The molecule has 0 unspecified atom stereocenters. The lowest BCUT2D eigenvalue weighted by atomic mass is 10.0. The Morgan fingerprint density at radius 2 is 0.787 bits per heavy atom. The van der Waals surface area contributed by atoms with Crippen molar-refractivity contribution in [3.05, 3.63) is 166 Å². The molecule has 4 aromatic carbocycles. The summed E-state index contributed by atoms with van der Waals surface area (Å²) in [6.45, 7) is 7.67. The normalized spacial score (nSPS) is 11.9. The van der Waals surface area contributed by atoms with Crippen LogP contribution in [0.4, 0.5) is 0 Å². The molecule has 7 nitrogen and oxygen atoms in total. The molecule has 5 heterocycles. The second kappa shape index (κ2) is 17.3. The van der Waals surface area contributed by atoms with E-state index in [1.165, 1.54) is 16.7 Å². The smallest absolute Gasteiger partial charge is 0.251 e. The van der Waals surface area contributed by atoms with Crippen LogP contribution in [0.2, 0.25) is 0 Å². The van der Waals surface area contributed by atoms with Gasteiger partial charge in [-0.15, -0.1) is 0 Å². The highest BCUT2D eigenvalue weighted by atomic mass is 16.1. The van der Waals surface area contributed by atoms with Crippen LogP contribution in [0.3, 0.4) is 0 Å². The summed E-state index contributed by atoms with van der Waals surface area (Å²) in [5.41, 5.74) is 25.1. The number of hydrogen-bond acceptors (Lipinski definition) is 4. The molecule has 0 fully saturated rings. The Morgan fingerprint density at radius 3 is 1.13 bits per heavy atom. The minimum atomic E-state index is -0.0754. The largest absolute Gasteiger partial charge is 0.354 e. The van der Waals surface area contributed by atoms with E-state index < -0.39 is 0 Å². The Morgan fingerprint density at radius 1 is 0.459 bits per heavy atom. The molecule has 2 aliphatic rings. The van der Waals surface area contributed by atoms with Gasteiger partial charge in [-0.25, -0.2) is 9.97 Å². The third-order valence-corrected chi connectivity index (χ3v) is 11.6. The molecule has 7 aromatic rings. The second-order valence-corrected chi connectivity index (χ2v) is 16.1. The lowest BCUT2D eigenvalue weighted by molar-refractivity contribution is 0.0953. The van der Waals surface area contributed by atoms with E-state index in [4.69, 9.17) is 15.7 Å². The van der Waals surface area contributed by atoms with Gasteiger partial charge >= 0.3 is 0 Å². The number of hydrogen-bond donors (Lipinski definition) is 4. The topological polar surface area (TPSA) is 112 Å². The highest BCUT2D eigenvalue weighted by Crippen LogP contribution is 2.38. The Kier molecular flexibility index (Phi) is 11.1. The Labute approximate surface area is 357 Å².